The van der Waals surface area contributed by atoms with Gasteiger partial charge in [0.1, 0.15) is 0 Å². The van der Waals surface area contributed by atoms with Crippen molar-refractivity contribution in [2.75, 3.05) is 19.9 Å². The van der Waals surface area contributed by atoms with Crippen molar-refractivity contribution in [3.8, 4) is 11.5 Å². The summed E-state index contributed by atoms with van der Waals surface area (Å²) < 4.78 is 10.8. The Kier molecular flexibility index (Phi) is 5.27. The molecule has 4 heteroatoms. The number of nitrogens with zero attached hydrogens (tertiary/aromatic N) is 1. The molecule has 0 saturated carbocycles. The fraction of sp³-hybridized carbons (Fsp3) is 0.556. The molecule has 3 nitrogen and oxygen atoms in total. The van der Waals surface area contributed by atoms with Crippen LogP contribution in [-0.4, -0.2) is 30.8 Å². The van der Waals surface area contributed by atoms with E-state index < -0.39 is 0 Å². The quantitative estimate of drug-likeness (QED) is 0.777. The Morgan fingerprint density at radius 1 is 1.36 bits per heavy atom. The van der Waals surface area contributed by atoms with Crippen LogP contribution in [0.3, 0.4) is 0 Å². The standard InChI is InChI=1S/C18H24ClNO2/c1-14(12-19)4-6-16-3-2-9-20(16)10-8-15-5-7-17-18(11-15)22-13-21-17/h5,7,11-12,16H,2-4,6,8-10,13H2,1H3/b14-12+/t16-/m0/s1. The number of fused-ring (bicyclic) bond motifs is 1. The summed E-state index contributed by atoms with van der Waals surface area (Å²) in [6.45, 7) is 4.80. The van der Waals surface area contributed by atoms with Crippen molar-refractivity contribution in [1.29, 1.82) is 0 Å². The average Bonchev–Trinajstić information content (AvgIpc) is 3.18. The highest BCUT2D eigenvalue weighted by molar-refractivity contribution is 6.25. The number of allylic oxidation sites excluding steroid dienone is 1. The van der Waals surface area contributed by atoms with E-state index in [1.165, 1.54) is 36.9 Å². The number of hydrogen-bond acceptors (Lipinski definition) is 3. The monoisotopic (exact) mass is 321 g/mol. The van der Waals surface area contributed by atoms with Gasteiger partial charge < -0.3 is 14.4 Å². The van der Waals surface area contributed by atoms with Crippen molar-refractivity contribution >= 4 is 11.6 Å². The summed E-state index contributed by atoms with van der Waals surface area (Å²) in [4.78, 5) is 2.63. The zero-order valence-corrected chi connectivity index (χ0v) is 13.9. The van der Waals surface area contributed by atoms with Crippen molar-refractivity contribution in [1.82, 2.24) is 4.90 Å². The Balaban J connectivity index is 1.51. The Morgan fingerprint density at radius 3 is 3.09 bits per heavy atom. The maximum absolute atomic E-state index is 5.76. The molecule has 2 aliphatic heterocycles. The molecule has 0 bridgehead atoms. The van der Waals surface area contributed by atoms with Gasteiger partial charge in [0.2, 0.25) is 6.79 Å². The Hall–Kier alpha value is -1.19. The minimum Gasteiger partial charge on any atom is -0.454 e. The molecule has 2 aliphatic rings. The van der Waals surface area contributed by atoms with Gasteiger partial charge in [-0.05, 0) is 63.3 Å². The molecule has 0 N–H and O–H groups in total. The molecule has 22 heavy (non-hydrogen) atoms. The fourth-order valence-corrected chi connectivity index (χ4v) is 3.44. The molecule has 2 heterocycles. The van der Waals surface area contributed by atoms with E-state index in [-0.39, 0.29) is 0 Å². The van der Waals surface area contributed by atoms with Gasteiger partial charge in [0.25, 0.3) is 0 Å². The van der Waals surface area contributed by atoms with Gasteiger partial charge in [0, 0.05) is 18.1 Å². The normalized spacial score (nSPS) is 21.5. The van der Waals surface area contributed by atoms with Crippen LogP contribution in [0.15, 0.2) is 29.3 Å². The molecule has 0 unspecified atom stereocenters. The second kappa shape index (κ2) is 7.38. The molecule has 120 valence electrons. The van der Waals surface area contributed by atoms with Crippen molar-refractivity contribution in [2.45, 2.75) is 45.1 Å². The first kappa shape index (κ1) is 15.7. The van der Waals surface area contributed by atoms with Gasteiger partial charge in [0.05, 0.1) is 0 Å². The molecule has 1 saturated heterocycles. The first-order valence-electron chi connectivity index (χ1n) is 8.14. The number of rotatable bonds is 6. The molecule has 1 aromatic carbocycles. The number of likely N-dealkylation sites (tertiary alicyclic amines) is 1. The summed E-state index contributed by atoms with van der Waals surface area (Å²) in [5, 5.41) is 0. The summed E-state index contributed by atoms with van der Waals surface area (Å²) in [6.07, 6.45) is 6.02. The van der Waals surface area contributed by atoms with Crippen LogP contribution in [0.2, 0.25) is 0 Å². The predicted octanol–water partition coefficient (Wildman–Crippen LogP) is 4.35. The number of halogens is 1. The Morgan fingerprint density at radius 2 is 2.23 bits per heavy atom. The van der Waals surface area contributed by atoms with E-state index in [9.17, 15) is 0 Å². The molecular formula is C18H24ClNO2. The first-order chi connectivity index (χ1) is 10.8. The maximum atomic E-state index is 5.76. The van der Waals surface area contributed by atoms with E-state index in [2.05, 4.69) is 24.0 Å². The maximum Gasteiger partial charge on any atom is 0.231 e. The minimum absolute atomic E-state index is 0.348. The third-order valence-electron chi connectivity index (χ3n) is 4.68. The largest absolute Gasteiger partial charge is 0.454 e. The van der Waals surface area contributed by atoms with Crippen LogP contribution in [0.1, 0.15) is 38.2 Å². The zero-order chi connectivity index (χ0) is 15.4. The van der Waals surface area contributed by atoms with E-state index in [0.29, 0.717) is 12.8 Å². The van der Waals surface area contributed by atoms with Gasteiger partial charge >= 0.3 is 0 Å². The van der Waals surface area contributed by atoms with E-state index in [1.54, 1.807) is 5.54 Å². The van der Waals surface area contributed by atoms with Crippen molar-refractivity contribution in [3.63, 3.8) is 0 Å². The fourth-order valence-electron chi connectivity index (χ4n) is 3.33. The van der Waals surface area contributed by atoms with E-state index in [0.717, 1.165) is 30.9 Å². The van der Waals surface area contributed by atoms with Gasteiger partial charge in [0.15, 0.2) is 11.5 Å². The number of ether oxygens (including phenoxy) is 2. The van der Waals surface area contributed by atoms with Crippen molar-refractivity contribution in [3.05, 3.63) is 34.9 Å². The molecule has 0 aliphatic carbocycles. The molecular weight excluding hydrogens is 298 g/mol. The van der Waals surface area contributed by atoms with E-state index in [4.69, 9.17) is 21.1 Å². The van der Waals surface area contributed by atoms with E-state index >= 15 is 0 Å². The lowest BCUT2D eigenvalue weighted by Crippen LogP contribution is -2.31. The second-order valence-corrected chi connectivity index (χ2v) is 6.48. The van der Waals surface area contributed by atoms with Crippen LogP contribution < -0.4 is 9.47 Å². The lowest BCUT2D eigenvalue weighted by molar-refractivity contribution is 0.174. The second-order valence-electron chi connectivity index (χ2n) is 6.26. The highest BCUT2D eigenvalue weighted by atomic mass is 35.5. The lowest BCUT2D eigenvalue weighted by atomic mass is 10.0. The molecule has 1 fully saturated rings. The summed E-state index contributed by atoms with van der Waals surface area (Å²) in [6, 6.07) is 7.00. The third kappa shape index (κ3) is 3.76. The lowest BCUT2D eigenvalue weighted by Gasteiger charge is -2.24. The Bertz CT molecular complexity index is 544. The van der Waals surface area contributed by atoms with Crippen LogP contribution >= 0.6 is 11.6 Å². The highest BCUT2D eigenvalue weighted by Crippen LogP contribution is 2.33. The van der Waals surface area contributed by atoms with Gasteiger partial charge in [-0.1, -0.05) is 23.2 Å². The van der Waals surface area contributed by atoms with Crippen LogP contribution in [0.25, 0.3) is 0 Å². The molecule has 0 aromatic heterocycles. The molecule has 3 rings (SSSR count). The highest BCUT2D eigenvalue weighted by Gasteiger charge is 2.24. The molecule has 0 spiro atoms. The SMILES string of the molecule is C/C(=C\Cl)CC[C@@H]1CCCN1CCc1ccc2c(c1)OCO2. The van der Waals surface area contributed by atoms with Crippen LogP contribution in [0.4, 0.5) is 0 Å². The summed E-state index contributed by atoms with van der Waals surface area (Å²) in [5.41, 5.74) is 4.32. The first-order valence-corrected chi connectivity index (χ1v) is 8.58. The molecule has 0 amide bonds. The van der Waals surface area contributed by atoms with Crippen LogP contribution in [-0.2, 0) is 6.42 Å². The van der Waals surface area contributed by atoms with Gasteiger partial charge in [-0.15, -0.1) is 0 Å². The number of hydrogen-bond donors (Lipinski definition) is 0. The Labute approximate surface area is 137 Å². The summed E-state index contributed by atoms with van der Waals surface area (Å²) in [5.74, 6) is 1.75. The minimum atomic E-state index is 0.348. The van der Waals surface area contributed by atoms with Gasteiger partial charge in [-0.2, -0.15) is 0 Å². The van der Waals surface area contributed by atoms with Gasteiger partial charge in [-0.25, -0.2) is 0 Å². The molecule has 0 radical (unpaired) electrons. The predicted molar refractivity (Wildman–Crippen MR) is 89.7 cm³/mol. The van der Waals surface area contributed by atoms with Crippen LogP contribution in [0, 0.1) is 0 Å². The van der Waals surface area contributed by atoms with Crippen LogP contribution in [0.5, 0.6) is 11.5 Å². The smallest absolute Gasteiger partial charge is 0.231 e. The third-order valence-corrected chi connectivity index (χ3v) is 5.05. The zero-order valence-electron chi connectivity index (χ0n) is 13.2. The van der Waals surface area contributed by atoms with E-state index in [1.807, 2.05) is 6.07 Å². The number of benzene rings is 1. The molecule has 1 atom stereocenters. The average molecular weight is 322 g/mol. The molecule has 1 aromatic rings. The summed E-state index contributed by atoms with van der Waals surface area (Å²) in [7, 11) is 0. The van der Waals surface area contributed by atoms with Gasteiger partial charge in [-0.3, -0.25) is 0 Å². The van der Waals surface area contributed by atoms with Crippen molar-refractivity contribution in [2.24, 2.45) is 0 Å². The topological polar surface area (TPSA) is 21.7 Å². The van der Waals surface area contributed by atoms with Crippen molar-refractivity contribution < 1.29 is 9.47 Å². The summed E-state index contributed by atoms with van der Waals surface area (Å²) >= 11 is 5.76.